The average molecular weight is 417 g/mol. The van der Waals surface area contributed by atoms with E-state index in [-0.39, 0.29) is 11.3 Å². The Balaban J connectivity index is 1.58. The van der Waals surface area contributed by atoms with Gasteiger partial charge in [0.15, 0.2) is 5.82 Å². The highest BCUT2D eigenvalue weighted by molar-refractivity contribution is 7.99. The van der Waals surface area contributed by atoms with E-state index < -0.39 is 5.25 Å². The Kier molecular flexibility index (Phi) is 5.29. The maximum absolute atomic E-state index is 10.7. The summed E-state index contributed by atoms with van der Waals surface area (Å²) in [5.74, 6) is 0.635. The molecule has 1 atom stereocenters. The molecule has 0 aliphatic carbocycles. The molecule has 2 aromatic carbocycles. The molecule has 4 aromatic rings. The van der Waals surface area contributed by atoms with E-state index in [2.05, 4.69) is 26.2 Å². The maximum Gasteiger partial charge on any atom is 0.277 e. The molecular formula is C22H19N5O2S. The topological polar surface area (TPSA) is 112 Å². The van der Waals surface area contributed by atoms with Crippen LogP contribution < -0.4 is 0 Å². The van der Waals surface area contributed by atoms with Gasteiger partial charge in [-0.2, -0.15) is 5.26 Å². The highest BCUT2D eigenvalue weighted by Gasteiger charge is 2.21. The standard InChI is InChI=1S/C22H19N5O2S/c1-12-8-13(2)10-15(9-12)21-26-27-22(29-21)30-14(3)19(28)16(11-23)20-24-17-6-4-5-7-18(17)25-20/h4-10,14,28H,1-3H3,(H,24,25)/b19-16-/t14-/m0/s1. The minimum atomic E-state index is -0.486. The molecule has 0 fully saturated rings. The number of imidazole rings is 1. The molecule has 2 heterocycles. The average Bonchev–Trinajstić information content (AvgIpc) is 3.34. The van der Waals surface area contributed by atoms with Gasteiger partial charge >= 0.3 is 0 Å². The summed E-state index contributed by atoms with van der Waals surface area (Å²) in [6.45, 7) is 5.78. The number of aryl methyl sites for hydroxylation is 2. The highest BCUT2D eigenvalue weighted by Crippen LogP contribution is 2.31. The van der Waals surface area contributed by atoms with Gasteiger partial charge in [0.05, 0.1) is 16.3 Å². The van der Waals surface area contributed by atoms with Crippen molar-refractivity contribution in [1.29, 1.82) is 5.26 Å². The van der Waals surface area contributed by atoms with E-state index in [1.807, 2.05) is 56.3 Å². The van der Waals surface area contributed by atoms with Crippen molar-refractivity contribution in [1.82, 2.24) is 20.2 Å². The Bertz CT molecular complexity index is 1250. The molecule has 0 saturated heterocycles. The number of aromatic nitrogens is 4. The fourth-order valence-corrected chi connectivity index (χ4v) is 3.93. The normalized spacial score (nSPS) is 13.1. The van der Waals surface area contributed by atoms with Gasteiger partial charge in [-0.3, -0.25) is 0 Å². The molecule has 0 aliphatic heterocycles. The first-order valence-corrected chi connectivity index (χ1v) is 10.2. The predicted octanol–water partition coefficient (Wildman–Crippen LogP) is 5.20. The quantitative estimate of drug-likeness (QED) is 0.261. The van der Waals surface area contributed by atoms with Crippen molar-refractivity contribution >= 4 is 28.4 Å². The van der Waals surface area contributed by atoms with E-state index in [9.17, 15) is 10.4 Å². The smallest absolute Gasteiger partial charge is 0.277 e. The van der Waals surface area contributed by atoms with E-state index in [4.69, 9.17) is 4.42 Å². The molecule has 150 valence electrons. The summed E-state index contributed by atoms with van der Waals surface area (Å²) < 4.78 is 5.77. The Labute approximate surface area is 177 Å². The summed E-state index contributed by atoms with van der Waals surface area (Å²) >= 11 is 1.18. The summed E-state index contributed by atoms with van der Waals surface area (Å²) in [6, 6.07) is 15.5. The number of rotatable bonds is 5. The Hall–Kier alpha value is -3.57. The molecule has 0 amide bonds. The molecule has 0 unspecified atom stereocenters. The van der Waals surface area contributed by atoms with Crippen LogP contribution in [0.15, 0.2) is 57.9 Å². The Morgan fingerprint density at radius 2 is 1.90 bits per heavy atom. The molecule has 0 aliphatic rings. The van der Waals surface area contributed by atoms with Crippen molar-refractivity contribution in [2.24, 2.45) is 0 Å². The van der Waals surface area contributed by atoms with Crippen LogP contribution in [0.3, 0.4) is 0 Å². The van der Waals surface area contributed by atoms with Gasteiger partial charge in [0, 0.05) is 5.56 Å². The zero-order valence-electron chi connectivity index (χ0n) is 16.7. The lowest BCUT2D eigenvalue weighted by Gasteiger charge is -2.09. The molecule has 7 nitrogen and oxygen atoms in total. The molecule has 4 rings (SSSR count). The first-order valence-electron chi connectivity index (χ1n) is 9.32. The van der Waals surface area contributed by atoms with Crippen LogP contribution >= 0.6 is 11.8 Å². The van der Waals surface area contributed by atoms with Gasteiger partial charge in [-0.05, 0) is 45.0 Å². The van der Waals surface area contributed by atoms with Gasteiger partial charge in [-0.25, -0.2) is 4.98 Å². The van der Waals surface area contributed by atoms with Gasteiger partial charge in [0.25, 0.3) is 5.22 Å². The lowest BCUT2D eigenvalue weighted by Crippen LogP contribution is -2.04. The number of benzene rings is 2. The maximum atomic E-state index is 10.7. The third-order valence-corrected chi connectivity index (χ3v) is 5.48. The molecule has 8 heteroatoms. The van der Waals surface area contributed by atoms with Crippen molar-refractivity contribution in [3.63, 3.8) is 0 Å². The van der Waals surface area contributed by atoms with E-state index in [0.717, 1.165) is 27.7 Å². The molecule has 2 N–H and O–H groups in total. The number of hydrogen-bond donors (Lipinski definition) is 2. The Morgan fingerprint density at radius 3 is 2.60 bits per heavy atom. The number of fused-ring (bicyclic) bond motifs is 1. The van der Waals surface area contributed by atoms with Gasteiger partial charge in [0.2, 0.25) is 5.89 Å². The molecule has 0 spiro atoms. The van der Waals surface area contributed by atoms with Gasteiger partial charge in [-0.1, -0.05) is 41.1 Å². The lowest BCUT2D eigenvalue weighted by atomic mass is 10.1. The van der Waals surface area contributed by atoms with Crippen LogP contribution in [0, 0.1) is 25.2 Å². The monoisotopic (exact) mass is 417 g/mol. The second kappa shape index (κ2) is 8.05. The summed E-state index contributed by atoms with van der Waals surface area (Å²) in [4.78, 5) is 7.47. The number of aromatic amines is 1. The van der Waals surface area contributed by atoms with E-state index in [1.54, 1.807) is 6.92 Å². The highest BCUT2D eigenvalue weighted by atomic mass is 32.2. The van der Waals surface area contributed by atoms with Crippen molar-refractivity contribution in [3.05, 3.63) is 65.2 Å². The fourth-order valence-electron chi connectivity index (χ4n) is 3.19. The minimum absolute atomic E-state index is 0.0836. The number of hydrogen-bond acceptors (Lipinski definition) is 7. The summed E-state index contributed by atoms with van der Waals surface area (Å²) in [5.41, 5.74) is 4.66. The molecule has 0 bridgehead atoms. The number of nitriles is 1. The van der Waals surface area contributed by atoms with E-state index >= 15 is 0 Å². The van der Waals surface area contributed by atoms with Crippen molar-refractivity contribution < 1.29 is 9.52 Å². The van der Waals surface area contributed by atoms with Gasteiger partial charge in [-0.15, -0.1) is 10.2 Å². The van der Waals surface area contributed by atoms with Crippen LogP contribution in [0.2, 0.25) is 0 Å². The number of nitrogens with zero attached hydrogens (tertiary/aromatic N) is 4. The molecule has 0 saturated carbocycles. The van der Waals surface area contributed by atoms with Gasteiger partial charge < -0.3 is 14.5 Å². The summed E-state index contributed by atoms with van der Waals surface area (Å²) in [7, 11) is 0. The first kappa shape index (κ1) is 19.7. The minimum Gasteiger partial charge on any atom is -0.510 e. The van der Waals surface area contributed by atoms with Gasteiger partial charge in [0.1, 0.15) is 17.4 Å². The van der Waals surface area contributed by atoms with Crippen LogP contribution in [-0.4, -0.2) is 30.5 Å². The predicted molar refractivity (Wildman–Crippen MR) is 116 cm³/mol. The number of H-pyrrole nitrogens is 1. The summed E-state index contributed by atoms with van der Waals surface area (Å²) in [6.07, 6.45) is 0. The number of allylic oxidation sites excluding steroid dienone is 1. The van der Waals surface area contributed by atoms with Crippen LogP contribution in [0.5, 0.6) is 0 Å². The number of thioether (sulfide) groups is 1. The molecule has 30 heavy (non-hydrogen) atoms. The second-order valence-electron chi connectivity index (χ2n) is 6.98. The molecule has 2 aromatic heterocycles. The largest absolute Gasteiger partial charge is 0.510 e. The third-order valence-electron chi connectivity index (χ3n) is 4.53. The van der Waals surface area contributed by atoms with Crippen molar-refractivity contribution in [2.45, 2.75) is 31.2 Å². The van der Waals surface area contributed by atoms with Crippen LogP contribution in [0.1, 0.15) is 23.9 Å². The number of para-hydroxylation sites is 2. The van der Waals surface area contributed by atoms with Crippen LogP contribution in [0.4, 0.5) is 0 Å². The van der Waals surface area contributed by atoms with Crippen LogP contribution in [-0.2, 0) is 0 Å². The SMILES string of the molecule is Cc1cc(C)cc(-c2nnc(S[C@@H](C)/C(O)=C(\C#N)c3nc4ccccc4[nH]3)o2)c1. The third kappa shape index (κ3) is 3.93. The zero-order valence-corrected chi connectivity index (χ0v) is 17.5. The van der Waals surface area contributed by atoms with Crippen LogP contribution in [0.25, 0.3) is 28.1 Å². The molecular weight excluding hydrogens is 398 g/mol. The van der Waals surface area contributed by atoms with E-state index in [0.29, 0.717) is 16.9 Å². The number of aliphatic hydroxyl groups excluding tert-OH is 1. The van der Waals surface area contributed by atoms with E-state index in [1.165, 1.54) is 11.8 Å². The Morgan fingerprint density at radius 1 is 1.17 bits per heavy atom. The molecule has 0 radical (unpaired) electrons. The number of nitrogens with one attached hydrogen (secondary N) is 1. The van der Waals surface area contributed by atoms with Crippen molar-refractivity contribution in [3.8, 4) is 17.5 Å². The number of aliphatic hydroxyl groups is 1. The summed E-state index contributed by atoms with van der Waals surface area (Å²) in [5, 5.41) is 28.3. The fraction of sp³-hybridized carbons (Fsp3) is 0.182. The zero-order chi connectivity index (χ0) is 21.3. The lowest BCUT2D eigenvalue weighted by molar-refractivity contribution is 0.399. The second-order valence-corrected chi connectivity index (χ2v) is 8.28. The first-order chi connectivity index (χ1) is 14.4. The van der Waals surface area contributed by atoms with Crippen molar-refractivity contribution in [2.75, 3.05) is 0 Å².